The van der Waals surface area contributed by atoms with Crippen molar-refractivity contribution >= 4 is 0 Å². The maximum Gasteiger partial charge on any atom is 0.197 e. The van der Waals surface area contributed by atoms with E-state index < -0.39 is 0 Å². The van der Waals surface area contributed by atoms with Crippen LogP contribution < -0.4 is 4.74 Å². The number of hydrogen-bond donors (Lipinski definition) is 0. The Morgan fingerprint density at radius 1 is 0.423 bits per heavy atom. The number of hydrogen-bond acceptors (Lipinski definition) is 13. The van der Waals surface area contributed by atoms with Crippen molar-refractivity contribution in [2.24, 2.45) is 0 Å². The summed E-state index contributed by atoms with van der Waals surface area (Å²) >= 11 is 0. The Bertz CT molecular complexity index is 936. The van der Waals surface area contributed by atoms with E-state index in [1.54, 1.807) is 7.11 Å². The van der Waals surface area contributed by atoms with Crippen LogP contribution in [0, 0.1) is 0 Å². The van der Waals surface area contributed by atoms with Crippen molar-refractivity contribution in [3.8, 4) is 5.75 Å². The summed E-state index contributed by atoms with van der Waals surface area (Å²) in [5, 5.41) is 0. The van der Waals surface area contributed by atoms with Crippen LogP contribution in [0.25, 0.3) is 0 Å². The Balaban J connectivity index is 1.81. The topological polar surface area (TPSA) is 120 Å². The zero-order valence-corrected chi connectivity index (χ0v) is 33.7. The van der Waals surface area contributed by atoms with Crippen LogP contribution in [0.3, 0.4) is 0 Å². The highest BCUT2D eigenvalue weighted by molar-refractivity contribution is 5.43. The second-order valence-electron chi connectivity index (χ2n) is 13.9. The van der Waals surface area contributed by atoms with E-state index in [-0.39, 0.29) is 17.1 Å². The lowest BCUT2D eigenvalue weighted by molar-refractivity contribution is -0.0873. The van der Waals surface area contributed by atoms with E-state index in [9.17, 15) is 0 Å². The first-order chi connectivity index (χ1) is 25.1. The van der Waals surface area contributed by atoms with Gasteiger partial charge in [-0.25, -0.2) is 0 Å². The summed E-state index contributed by atoms with van der Waals surface area (Å²) < 4.78 is 71.8. The lowest BCUT2D eigenvalue weighted by Gasteiger charge is -2.28. The Morgan fingerprint density at radius 2 is 0.731 bits per heavy atom. The number of methoxy groups -OCH3 is 1. The number of rotatable bonds is 36. The van der Waals surface area contributed by atoms with E-state index in [4.69, 9.17) is 61.6 Å². The smallest absolute Gasteiger partial charge is 0.197 e. The Kier molecular flexibility index (Phi) is 29.7. The average molecular weight is 749 g/mol. The fraction of sp³-hybridized carbons (Fsp3) is 0.846. The zero-order valence-electron chi connectivity index (χ0n) is 33.7. The van der Waals surface area contributed by atoms with Crippen LogP contribution >= 0.6 is 0 Å². The molecule has 0 bridgehead atoms. The molecule has 1 unspecified atom stereocenters. The predicted molar refractivity (Wildman–Crippen MR) is 200 cm³/mol. The molecule has 1 aromatic carbocycles. The maximum atomic E-state index is 6.16. The van der Waals surface area contributed by atoms with Crippen LogP contribution in [0.2, 0.25) is 0 Å². The van der Waals surface area contributed by atoms with E-state index >= 15 is 0 Å². The standard InChI is InChI=1S/C39H72O13/c1-34(52-37-10-9-35(38(2,3)4)33-36(37)39(5,6)7)51-32-31-50-30-29-49-28-27-48-26-25-47-24-23-46-22-21-45-20-19-44-18-17-43-16-15-42-14-13-41-12-11-40-8/h9-10,33-34H,11-32H2,1-8H3. The quantitative estimate of drug-likeness (QED) is 0.0689. The Morgan fingerprint density at radius 3 is 1.02 bits per heavy atom. The Hall–Kier alpha value is -1.46. The molecule has 0 amide bonds. The van der Waals surface area contributed by atoms with Gasteiger partial charge in [-0.3, -0.25) is 0 Å². The molecule has 0 N–H and O–H groups in total. The zero-order chi connectivity index (χ0) is 38.2. The molecule has 13 heteroatoms. The molecule has 0 radical (unpaired) electrons. The van der Waals surface area contributed by atoms with Gasteiger partial charge in [0.1, 0.15) is 5.75 Å². The van der Waals surface area contributed by atoms with Gasteiger partial charge in [0.15, 0.2) is 6.29 Å². The third-order valence-corrected chi connectivity index (χ3v) is 7.31. The molecular formula is C39H72O13. The highest BCUT2D eigenvalue weighted by atomic mass is 16.7. The summed E-state index contributed by atoms with van der Waals surface area (Å²) in [6.45, 7) is 26.5. The van der Waals surface area contributed by atoms with E-state index in [1.165, 1.54) is 11.1 Å². The second-order valence-corrected chi connectivity index (χ2v) is 13.9. The monoisotopic (exact) mass is 748 g/mol. The third kappa shape index (κ3) is 28.0. The molecule has 0 saturated carbocycles. The van der Waals surface area contributed by atoms with Gasteiger partial charge in [-0.2, -0.15) is 0 Å². The van der Waals surface area contributed by atoms with Gasteiger partial charge >= 0.3 is 0 Å². The summed E-state index contributed by atoms with van der Waals surface area (Å²) in [4.78, 5) is 0. The predicted octanol–water partition coefficient (Wildman–Crippen LogP) is 4.84. The van der Waals surface area contributed by atoms with Crippen LogP contribution in [0.15, 0.2) is 18.2 Å². The van der Waals surface area contributed by atoms with Crippen molar-refractivity contribution in [3.05, 3.63) is 29.3 Å². The van der Waals surface area contributed by atoms with E-state index in [0.29, 0.717) is 145 Å². The molecule has 0 aliphatic rings. The lowest BCUT2D eigenvalue weighted by Crippen LogP contribution is -2.23. The van der Waals surface area contributed by atoms with Crippen LogP contribution in [-0.2, 0) is 67.7 Å². The molecular weight excluding hydrogens is 676 g/mol. The molecule has 0 aromatic heterocycles. The van der Waals surface area contributed by atoms with Crippen molar-refractivity contribution in [2.45, 2.75) is 65.6 Å². The van der Waals surface area contributed by atoms with Gasteiger partial charge in [0.25, 0.3) is 0 Å². The van der Waals surface area contributed by atoms with Gasteiger partial charge in [-0.1, -0.05) is 53.7 Å². The van der Waals surface area contributed by atoms with Gasteiger partial charge in [0.05, 0.1) is 145 Å². The molecule has 13 nitrogen and oxygen atoms in total. The largest absolute Gasteiger partial charge is 0.465 e. The minimum Gasteiger partial charge on any atom is -0.465 e. The van der Waals surface area contributed by atoms with Gasteiger partial charge in [0, 0.05) is 7.11 Å². The molecule has 0 heterocycles. The summed E-state index contributed by atoms with van der Waals surface area (Å²) in [6, 6.07) is 6.45. The second kappa shape index (κ2) is 31.8. The van der Waals surface area contributed by atoms with Gasteiger partial charge in [0.2, 0.25) is 0 Å². The molecule has 306 valence electrons. The highest BCUT2D eigenvalue weighted by Crippen LogP contribution is 2.36. The molecule has 1 aromatic rings. The first kappa shape index (κ1) is 48.6. The molecule has 1 rings (SSSR count). The average Bonchev–Trinajstić information content (AvgIpc) is 3.09. The van der Waals surface area contributed by atoms with Gasteiger partial charge in [-0.15, -0.1) is 0 Å². The SMILES string of the molecule is COCCOCCOCCOCCOCCOCCOCCOCCOCCOCCOCCOC(C)Oc1ccc(C(C)(C)C)cc1C(C)(C)C. The van der Waals surface area contributed by atoms with E-state index in [2.05, 4.69) is 59.7 Å². The summed E-state index contributed by atoms with van der Waals surface area (Å²) in [5.74, 6) is 0.856. The van der Waals surface area contributed by atoms with E-state index in [1.807, 2.05) is 6.92 Å². The van der Waals surface area contributed by atoms with Crippen molar-refractivity contribution in [1.82, 2.24) is 0 Å². The fourth-order valence-electron chi connectivity index (χ4n) is 4.39. The minimum absolute atomic E-state index is 0.0428. The van der Waals surface area contributed by atoms with Gasteiger partial charge < -0.3 is 61.6 Å². The van der Waals surface area contributed by atoms with Crippen LogP contribution in [0.5, 0.6) is 5.75 Å². The maximum absolute atomic E-state index is 6.16. The highest BCUT2D eigenvalue weighted by Gasteiger charge is 2.24. The summed E-state index contributed by atoms with van der Waals surface area (Å²) in [6.07, 6.45) is -0.385. The molecule has 0 saturated heterocycles. The molecule has 0 aliphatic carbocycles. The lowest BCUT2D eigenvalue weighted by atomic mass is 9.80. The normalized spacial score (nSPS) is 12.8. The molecule has 52 heavy (non-hydrogen) atoms. The first-order valence-electron chi connectivity index (χ1n) is 18.8. The van der Waals surface area contributed by atoms with Crippen molar-refractivity contribution in [3.63, 3.8) is 0 Å². The van der Waals surface area contributed by atoms with Crippen molar-refractivity contribution in [1.29, 1.82) is 0 Å². The first-order valence-corrected chi connectivity index (χ1v) is 18.8. The van der Waals surface area contributed by atoms with Crippen molar-refractivity contribution < 1.29 is 61.6 Å². The summed E-state index contributed by atoms with van der Waals surface area (Å²) in [5.41, 5.74) is 2.50. The van der Waals surface area contributed by atoms with Crippen LogP contribution in [-0.4, -0.2) is 159 Å². The third-order valence-electron chi connectivity index (χ3n) is 7.31. The Labute approximate surface area is 314 Å². The fourth-order valence-corrected chi connectivity index (χ4v) is 4.39. The van der Waals surface area contributed by atoms with Crippen molar-refractivity contribution in [2.75, 3.05) is 152 Å². The molecule has 1 atom stereocenters. The number of benzene rings is 1. The number of ether oxygens (including phenoxy) is 13. The van der Waals surface area contributed by atoms with Crippen LogP contribution in [0.1, 0.15) is 59.6 Å². The van der Waals surface area contributed by atoms with Gasteiger partial charge in [-0.05, 0) is 34.9 Å². The van der Waals surface area contributed by atoms with E-state index in [0.717, 1.165) is 5.75 Å². The molecule has 0 spiro atoms. The molecule has 0 aliphatic heterocycles. The summed E-state index contributed by atoms with van der Waals surface area (Å²) in [7, 11) is 1.65. The van der Waals surface area contributed by atoms with Crippen LogP contribution in [0.4, 0.5) is 0 Å². The minimum atomic E-state index is -0.385. The molecule has 0 fully saturated rings.